The Kier molecular flexibility index (Phi) is 4.35. The zero-order chi connectivity index (χ0) is 16.3. The van der Waals surface area contributed by atoms with Crippen molar-refractivity contribution < 1.29 is 18.3 Å². The van der Waals surface area contributed by atoms with Crippen LogP contribution in [-0.4, -0.2) is 19.5 Å². The number of nitrogens with one attached hydrogen (secondary N) is 1. The number of hydrogen-bond donors (Lipinski definition) is 2. The maximum Gasteiger partial charge on any atom is 0.337 e. The summed E-state index contributed by atoms with van der Waals surface area (Å²) in [5.41, 5.74) is -0.0406. The van der Waals surface area contributed by atoms with Crippen LogP contribution in [0, 0.1) is 11.3 Å². The number of carboxylic acid groups (broad SMARTS) is 1. The number of carboxylic acids is 1. The van der Waals surface area contributed by atoms with Crippen LogP contribution in [0.25, 0.3) is 0 Å². The lowest BCUT2D eigenvalue weighted by Crippen LogP contribution is -2.16. The molecule has 0 bridgehead atoms. The number of hydrogen-bond acceptors (Lipinski definition) is 4. The summed E-state index contributed by atoms with van der Waals surface area (Å²) in [5.74, 6) is -1.26. The molecule has 0 radical (unpaired) electrons. The Morgan fingerprint density at radius 2 is 1.91 bits per heavy atom. The smallest absolute Gasteiger partial charge is 0.337 e. The molecule has 8 heteroatoms. The molecule has 0 heterocycles. The summed E-state index contributed by atoms with van der Waals surface area (Å²) in [6, 6.07) is 11.2. The second-order valence-electron chi connectivity index (χ2n) is 4.21. The predicted octanol–water partition coefficient (Wildman–Crippen LogP) is 2.71. The maximum absolute atomic E-state index is 12.3. The van der Waals surface area contributed by atoms with Crippen molar-refractivity contribution in [3.05, 3.63) is 58.6 Å². The van der Waals surface area contributed by atoms with Gasteiger partial charge in [-0.2, -0.15) is 5.26 Å². The van der Waals surface area contributed by atoms with Crippen LogP contribution in [0.15, 0.2) is 47.4 Å². The van der Waals surface area contributed by atoms with E-state index < -0.39 is 16.0 Å². The minimum absolute atomic E-state index is 0.0737. The lowest BCUT2D eigenvalue weighted by Gasteiger charge is -2.11. The van der Waals surface area contributed by atoms with Crippen LogP contribution in [0.4, 0.5) is 5.69 Å². The van der Waals surface area contributed by atoms with Crippen LogP contribution in [0.1, 0.15) is 15.9 Å². The number of nitriles is 1. The van der Waals surface area contributed by atoms with Gasteiger partial charge in [-0.3, -0.25) is 4.72 Å². The van der Waals surface area contributed by atoms with Crippen molar-refractivity contribution in [2.75, 3.05) is 4.72 Å². The molecule has 6 nitrogen and oxygen atoms in total. The molecule has 2 aromatic rings. The van der Waals surface area contributed by atoms with E-state index in [1.165, 1.54) is 42.5 Å². The van der Waals surface area contributed by atoms with E-state index in [9.17, 15) is 13.2 Å². The number of carbonyl (C=O) groups is 1. The van der Waals surface area contributed by atoms with E-state index in [4.69, 9.17) is 22.0 Å². The van der Waals surface area contributed by atoms with Crippen molar-refractivity contribution in [2.45, 2.75) is 4.90 Å². The normalized spacial score (nSPS) is 10.7. The van der Waals surface area contributed by atoms with Gasteiger partial charge < -0.3 is 5.11 Å². The van der Waals surface area contributed by atoms with Gasteiger partial charge in [0.25, 0.3) is 10.0 Å². The summed E-state index contributed by atoms with van der Waals surface area (Å²) in [5, 5.41) is 17.7. The molecule has 2 aromatic carbocycles. The molecule has 2 rings (SSSR count). The topological polar surface area (TPSA) is 107 Å². The van der Waals surface area contributed by atoms with E-state index >= 15 is 0 Å². The molecule has 0 unspecified atom stereocenters. The van der Waals surface area contributed by atoms with Gasteiger partial charge in [0.05, 0.1) is 27.9 Å². The molecule has 0 atom stereocenters. The lowest BCUT2D eigenvalue weighted by atomic mass is 10.2. The monoisotopic (exact) mass is 336 g/mol. The summed E-state index contributed by atoms with van der Waals surface area (Å²) in [7, 11) is -4.08. The lowest BCUT2D eigenvalue weighted by molar-refractivity contribution is 0.0698. The Morgan fingerprint density at radius 1 is 1.23 bits per heavy atom. The second-order valence-corrected chi connectivity index (χ2v) is 6.27. The molecule has 2 N–H and O–H groups in total. The number of halogens is 1. The summed E-state index contributed by atoms with van der Waals surface area (Å²) in [4.78, 5) is 10.9. The fourth-order valence-corrected chi connectivity index (χ4v) is 3.37. The van der Waals surface area contributed by atoms with Gasteiger partial charge in [-0.1, -0.05) is 23.7 Å². The van der Waals surface area contributed by atoms with Crippen LogP contribution in [0.2, 0.25) is 5.02 Å². The number of nitrogens with zero attached hydrogens (tertiary/aromatic N) is 1. The number of rotatable bonds is 4. The first-order valence-corrected chi connectivity index (χ1v) is 7.76. The third kappa shape index (κ3) is 3.19. The molecule has 0 saturated heterocycles. The first kappa shape index (κ1) is 15.8. The van der Waals surface area contributed by atoms with Crippen molar-refractivity contribution in [1.29, 1.82) is 5.26 Å². The van der Waals surface area contributed by atoms with E-state index in [0.717, 1.165) is 0 Å². The molecule has 0 fully saturated rings. The Balaban J connectivity index is 2.45. The predicted molar refractivity (Wildman–Crippen MR) is 80.4 cm³/mol. The Labute approximate surface area is 131 Å². The summed E-state index contributed by atoms with van der Waals surface area (Å²) >= 11 is 5.87. The number of para-hydroxylation sites is 1. The SMILES string of the molecule is N#Cc1ccc(S(=O)(=O)Nc2ccccc2C(=O)O)c(Cl)c1. The third-order valence-electron chi connectivity index (χ3n) is 2.75. The molecule has 112 valence electrons. The van der Waals surface area contributed by atoms with Gasteiger partial charge in [-0.05, 0) is 30.3 Å². The Bertz CT molecular complexity index is 888. The zero-order valence-electron chi connectivity index (χ0n) is 10.9. The molecule has 0 amide bonds. The molecule has 0 spiro atoms. The molecule has 0 aliphatic rings. The molecule has 0 aliphatic carbocycles. The highest BCUT2D eigenvalue weighted by atomic mass is 35.5. The number of sulfonamides is 1. The average molecular weight is 337 g/mol. The van der Waals surface area contributed by atoms with Gasteiger partial charge in [0.15, 0.2) is 0 Å². The number of benzene rings is 2. The van der Waals surface area contributed by atoms with E-state index in [2.05, 4.69) is 4.72 Å². The summed E-state index contributed by atoms with van der Waals surface area (Å²) < 4.78 is 26.8. The first-order chi connectivity index (χ1) is 10.3. The molecule has 0 aliphatic heterocycles. The molecular weight excluding hydrogens is 328 g/mol. The summed E-state index contributed by atoms with van der Waals surface area (Å²) in [6.07, 6.45) is 0. The largest absolute Gasteiger partial charge is 0.478 e. The third-order valence-corrected chi connectivity index (χ3v) is 4.60. The fraction of sp³-hybridized carbons (Fsp3) is 0. The van der Waals surface area contributed by atoms with Gasteiger partial charge in [-0.25, -0.2) is 13.2 Å². The highest BCUT2D eigenvalue weighted by Gasteiger charge is 2.21. The van der Waals surface area contributed by atoms with Gasteiger partial charge >= 0.3 is 5.97 Å². The quantitative estimate of drug-likeness (QED) is 0.892. The van der Waals surface area contributed by atoms with Gasteiger partial charge in [0, 0.05) is 0 Å². The summed E-state index contributed by atoms with van der Waals surface area (Å²) in [6.45, 7) is 0. The van der Waals surface area contributed by atoms with Gasteiger partial charge in [0.2, 0.25) is 0 Å². The minimum atomic E-state index is -4.08. The van der Waals surface area contributed by atoms with Crippen LogP contribution < -0.4 is 4.72 Å². The molecule has 0 saturated carbocycles. The minimum Gasteiger partial charge on any atom is -0.478 e. The second kappa shape index (κ2) is 6.05. The molecule has 22 heavy (non-hydrogen) atoms. The molecular formula is C14H9ClN2O4S. The van der Waals surface area contributed by atoms with E-state index in [1.54, 1.807) is 0 Å². The standard InChI is InChI=1S/C14H9ClN2O4S/c15-11-7-9(8-16)5-6-13(11)22(20,21)17-12-4-2-1-3-10(12)14(18)19/h1-7,17H,(H,18,19). The van der Waals surface area contributed by atoms with Gasteiger partial charge in [0.1, 0.15) is 4.90 Å². The van der Waals surface area contributed by atoms with Crippen molar-refractivity contribution in [2.24, 2.45) is 0 Å². The number of anilines is 1. The number of aromatic carboxylic acids is 1. The fourth-order valence-electron chi connectivity index (χ4n) is 1.75. The van der Waals surface area contributed by atoms with Crippen LogP contribution in [0.3, 0.4) is 0 Å². The van der Waals surface area contributed by atoms with Crippen molar-refractivity contribution >= 4 is 33.3 Å². The van der Waals surface area contributed by atoms with E-state index in [-0.39, 0.29) is 26.7 Å². The highest BCUT2D eigenvalue weighted by Crippen LogP contribution is 2.26. The zero-order valence-corrected chi connectivity index (χ0v) is 12.5. The Morgan fingerprint density at radius 3 is 2.50 bits per heavy atom. The van der Waals surface area contributed by atoms with Crippen molar-refractivity contribution in [1.82, 2.24) is 0 Å². The van der Waals surface area contributed by atoms with E-state index in [1.807, 2.05) is 6.07 Å². The van der Waals surface area contributed by atoms with E-state index in [0.29, 0.717) is 0 Å². The van der Waals surface area contributed by atoms with Gasteiger partial charge in [-0.15, -0.1) is 0 Å². The van der Waals surface area contributed by atoms with Crippen LogP contribution >= 0.6 is 11.6 Å². The van der Waals surface area contributed by atoms with Crippen molar-refractivity contribution in [3.63, 3.8) is 0 Å². The van der Waals surface area contributed by atoms with Crippen molar-refractivity contribution in [3.8, 4) is 6.07 Å². The molecule has 0 aromatic heterocycles. The maximum atomic E-state index is 12.3. The average Bonchev–Trinajstić information content (AvgIpc) is 2.46. The highest BCUT2D eigenvalue weighted by molar-refractivity contribution is 7.92. The first-order valence-electron chi connectivity index (χ1n) is 5.90. The Hall–Kier alpha value is -2.56. The van der Waals surface area contributed by atoms with Crippen LogP contribution in [-0.2, 0) is 10.0 Å². The van der Waals surface area contributed by atoms with Crippen LogP contribution in [0.5, 0.6) is 0 Å².